The number of carbonyl (C=O) groups excluding carboxylic acids is 1. The molecule has 0 aromatic heterocycles. The molecule has 110 valence electrons. The van der Waals surface area contributed by atoms with E-state index < -0.39 is 17.9 Å². The summed E-state index contributed by atoms with van der Waals surface area (Å²) in [6, 6.07) is 3.94. The number of methoxy groups -OCH3 is 2. The van der Waals surface area contributed by atoms with E-state index in [0.29, 0.717) is 11.5 Å². The van der Waals surface area contributed by atoms with Crippen LogP contribution in [0.3, 0.4) is 0 Å². The van der Waals surface area contributed by atoms with Crippen LogP contribution in [0.4, 0.5) is 0 Å². The highest BCUT2D eigenvalue weighted by molar-refractivity contribution is 6.01. The van der Waals surface area contributed by atoms with Gasteiger partial charge >= 0.3 is 5.97 Å². The van der Waals surface area contributed by atoms with Gasteiger partial charge in [-0.2, -0.15) is 0 Å². The number of amides is 1. The molecule has 1 amide bonds. The number of carboxylic acid groups (broad SMARTS) is 1. The van der Waals surface area contributed by atoms with Crippen LogP contribution in [0.25, 0.3) is 0 Å². The second-order valence-electron chi connectivity index (χ2n) is 4.57. The number of hydrogen-bond acceptors (Lipinski definition) is 4. The van der Waals surface area contributed by atoms with Crippen LogP contribution in [0.5, 0.6) is 11.5 Å². The molecule has 0 saturated heterocycles. The lowest BCUT2D eigenvalue weighted by atomic mass is 10.0. The first kappa shape index (κ1) is 15.8. The first-order valence-corrected chi connectivity index (χ1v) is 6.17. The van der Waals surface area contributed by atoms with E-state index in [9.17, 15) is 9.59 Å². The molecule has 0 saturated carbocycles. The van der Waals surface area contributed by atoms with Gasteiger partial charge < -0.3 is 19.9 Å². The zero-order chi connectivity index (χ0) is 15.3. The van der Waals surface area contributed by atoms with Crippen LogP contribution in [0.1, 0.15) is 24.2 Å². The molecule has 1 rings (SSSR count). The van der Waals surface area contributed by atoms with E-state index in [2.05, 4.69) is 5.32 Å². The van der Waals surface area contributed by atoms with E-state index in [4.69, 9.17) is 14.6 Å². The monoisotopic (exact) mass is 281 g/mol. The smallest absolute Gasteiger partial charge is 0.326 e. The molecule has 1 aromatic carbocycles. The highest BCUT2D eigenvalue weighted by Gasteiger charge is 2.27. The van der Waals surface area contributed by atoms with Crippen LogP contribution in [-0.4, -0.2) is 37.2 Å². The summed E-state index contributed by atoms with van der Waals surface area (Å²) in [4.78, 5) is 23.4. The normalized spacial score (nSPS) is 11.8. The highest BCUT2D eigenvalue weighted by Crippen LogP contribution is 2.28. The Balaban J connectivity index is 3.11. The number of carboxylic acids is 1. The van der Waals surface area contributed by atoms with Gasteiger partial charge in [-0.1, -0.05) is 19.9 Å². The summed E-state index contributed by atoms with van der Waals surface area (Å²) in [6.45, 7) is 3.44. The molecular formula is C14H19NO5. The van der Waals surface area contributed by atoms with Crippen molar-refractivity contribution < 1.29 is 24.2 Å². The molecule has 0 heterocycles. The van der Waals surface area contributed by atoms with Crippen LogP contribution in [0, 0.1) is 5.92 Å². The van der Waals surface area contributed by atoms with Crippen LogP contribution in [0.15, 0.2) is 18.2 Å². The standard InChI is InChI=1S/C14H19NO5/c1-8(2)12(14(17)18)15-13(16)11-9(19-3)6-5-7-10(11)20-4/h5-8,12H,1-4H3,(H,15,16)(H,17,18)/t12-/m0/s1. The fraction of sp³-hybridized carbons (Fsp3) is 0.429. The van der Waals surface area contributed by atoms with E-state index in [-0.39, 0.29) is 11.5 Å². The van der Waals surface area contributed by atoms with Crippen molar-refractivity contribution >= 4 is 11.9 Å². The fourth-order valence-electron chi connectivity index (χ4n) is 1.80. The van der Waals surface area contributed by atoms with E-state index in [0.717, 1.165) is 0 Å². The Morgan fingerprint density at radius 1 is 1.15 bits per heavy atom. The SMILES string of the molecule is COc1cccc(OC)c1C(=O)N[C@H](C(=O)O)C(C)C. The second-order valence-corrected chi connectivity index (χ2v) is 4.57. The van der Waals surface area contributed by atoms with Crippen molar-refractivity contribution in [3.05, 3.63) is 23.8 Å². The molecule has 6 nitrogen and oxygen atoms in total. The Hall–Kier alpha value is -2.24. The molecule has 0 spiro atoms. The largest absolute Gasteiger partial charge is 0.496 e. The minimum atomic E-state index is -1.08. The predicted molar refractivity (Wildman–Crippen MR) is 73.3 cm³/mol. The Kier molecular flexibility index (Phi) is 5.37. The van der Waals surface area contributed by atoms with Gasteiger partial charge in [-0.15, -0.1) is 0 Å². The maximum atomic E-state index is 12.3. The zero-order valence-electron chi connectivity index (χ0n) is 12.0. The highest BCUT2D eigenvalue weighted by atomic mass is 16.5. The van der Waals surface area contributed by atoms with Crippen molar-refractivity contribution in [3.63, 3.8) is 0 Å². The maximum Gasteiger partial charge on any atom is 0.326 e. The number of nitrogens with one attached hydrogen (secondary N) is 1. The molecule has 1 atom stereocenters. The van der Waals surface area contributed by atoms with Crippen molar-refractivity contribution in [2.45, 2.75) is 19.9 Å². The average Bonchev–Trinajstić information content (AvgIpc) is 2.42. The van der Waals surface area contributed by atoms with Gasteiger partial charge in [0.25, 0.3) is 5.91 Å². The minimum absolute atomic E-state index is 0.185. The van der Waals surface area contributed by atoms with E-state index >= 15 is 0 Å². The number of carbonyl (C=O) groups is 2. The number of benzene rings is 1. The Bertz CT molecular complexity index is 476. The van der Waals surface area contributed by atoms with Crippen molar-refractivity contribution in [2.24, 2.45) is 5.92 Å². The van der Waals surface area contributed by atoms with Gasteiger partial charge in [-0.25, -0.2) is 4.79 Å². The van der Waals surface area contributed by atoms with E-state index in [1.165, 1.54) is 14.2 Å². The third kappa shape index (κ3) is 3.40. The predicted octanol–water partition coefficient (Wildman–Crippen LogP) is 1.54. The summed E-state index contributed by atoms with van der Waals surface area (Å²) in [5.41, 5.74) is 0.185. The molecule has 0 aliphatic rings. The third-order valence-corrected chi connectivity index (χ3v) is 2.87. The lowest BCUT2D eigenvalue weighted by Gasteiger charge is -2.19. The Labute approximate surface area is 117 Å². The van der Waals surface area contributed by atoms with Crippen molar-refractivity contribution in [2.75, 3.05) is 14.2 Å². The van der Waals surface area contributed by atoms with Crippen LogP contribution in [0.2, 0.25) is 0 Å². The summed E-state index contributed by atoms with van der Waals surface area (Å²) < 4.78 is 10.2. The van der Waals surface area contributed by atoms with Gasteiger partial charge in [0.1, 0.15) is 23.1 Å². The first-order valence-electron chi connectivity index (χ1n) is 6.17. The van der Waals surface area contributed by atoms with Gasteiger partial charge in [0.15, 0.2) is 0 Å². The molecule has 1 aromatic rings. The Morgan fingerprint density at radius 3 is 2.00 bits per heavy atom. The Morgan fingerprint density at radius 2 is 1.65 bits per heavy atom. The van der Waals surface area contributed by atoms with Gasteiger partial charge in [-0.05, 0) is 18.1 Å². The van der Waals surface area contributed by atoms with Gasteiger partial charge in [0.05, 0.1) is 14.2 Å². The average molecular weight is 281 g/mol. The summed E-state index contributed by atoms with van der Waals surface area (Å²) in [5, 5.41) is 11.6. The van der Waals surface area contributed by atoms with Gasteiger partial charge in [0.2, 0.25) is 0 Å². The molecule has 0 radical (unpaired) electrons. The number of aliphatic carboxylic acids is 1. The molecule has 0 aliphatic heterocycles. The van der Waals surface area contributed by atoms with Crippen LogP contribution >= 0.6 is 0 Å². The molecule has 0 fully saturated rings. The van der Waals surface area contributed by atoms with Crippen LogP contribution in [-0.2, 0) is 4.79 Å². The van der Waals surface area contributed by atoms with E-state index in [1.54, 1.807) is 32.0 Å². The van der Waals surface area contributed by atoms with Crippen LogP contribution < -0.4 is 14.8 Å². The van der Waals surface area contributed by atoms with E-state index in [1.807, 2.05) is 0 Å². The summed E-state index contributed by atoms with van der Waals surface area (Å²) in [7, 11) is 2.87. The lowest BCUT2D eigenvalue weighted by molar-refractivity contribution is -0.140. The van der Waals surface area contributed by atoms with Gasteiger partial charge in [-0.3, -0.25) is 4.79 Å². The number of ether oxygens (including phenoxy) is 2. The third-order valence-electron chi connectivity index (χ3n) is 2.87. The molecular weight excluding hydrogens is 262 g/mol. The quantitative estimate of drug-likeness (QED) is 0.826. The number of hydrogen-bond donors (Lipinski definition) is 2. The molecule has 2 N–H and O–H groups in total. The summed E-state index contributed by atoms with van der Waals surface area (Å²) in [5.74, 6) is -1.20. The van der Waals surface area contributed by atoms with Gasteiger partial charge in [0, 0.05) is 0 Å². The molecule has 0 unspecified atom stereocenters. The fourth-order valence-corrected chi connectivity index (χ4v) is 1.80. The molecule has 0 bridgehead atoms. The van der Waals surface area contributed by atoms with Crippen molar-refractivity contribution in [1.29, 1.82) is 0 Å². The van der Waals surface area contributed by atoms with Crippen molar-refractivity contribution in [1.82, 2.24) is 5.32 Å². The maximum absolute atomic E-state index is 12.3. The topological polar surface area (TPSA) is 84.9 Å². The number of rotatable bonds is 6. The summed E-state index contributed by atoms with van der Waals surface area (Å²) >= 11 is 0. The second kappa shape index (κ2) is 6.79. The minimum Gasteiger partial charge on any atom is -0.496 e. The lowest BCUT2D eigenvalue weighted by Crippen LogP contribution is -2.44. The van der Waals surface area contributed by atoms with Crippen molar-refractivity contribution in [3.8, 4) is 11.5 Å². The molecule has 20 heavy (non-hydrogen) atoms. The summed E-state index contributed by atoms with van der Waals surface area (Å²) in [6.07, 6.45) is 0. The zero-order valence-corrected chi connectivity index (χ0v) is 12.0. The first-order chi connectivity index (χ1) is 9.42. The molecule has 6 heteroatoms. The molecule has 0 aliphatic carbocycles.